The quantitative estimate of drug-likeness (QED) is 0.133. The van der Waals surface area contributed by atoms with Crippen molar-refractivity contribution in [3.63, 3.8) is 0 Å². The molecule has 0 amide bonds. The Kier molecular flexibility index (Phi) is 20.4. The monoisotopic (exact) mass is 208 g/mol. The molecule has 0 heterocycles. The van der Waals surface area contributed by atoms with Crippen molar-refractivity contribution < 1.29 is 14.4 Å². The number of nitrogens with two attached hydrogens (primary N) is 4. The van der Waals surface area contributed by atoms with Crippen molar-refractivity contribution in [1.82, 2.24) is 0 Å². The lowest BCUT2D eigenvalue weighted by Crippen LogP contribution is -2.02. The van der Waals surface area contributed by atoms with Crippen LogP contribution in [0.5, 0.6) is 0 Å². The van der Waals surface area contributed by atoms with Crippen LogP contribution in [0.25, 0.3) is 0 Å². The van der Waals surface area contributed by atoms with Gasteiger partial charge in [-0.1, -0.05) is 0 Å². The zero-order chi connectivity index (χ0) is 9.91. The molecule has 0 fully saturated rings. The molecule has 0 aromatic rings. The molecule has 7 nitrogen and oxygen atoms in total. The van der Waals surface area contributed by atoms with Crippen LogP contribution >= 0.6 is 19.2 Å². The summed E-state index contributed by atoms with van der Waals surface area (Å²) in [6.07, 6.45) is -0.228. The Hall–Kier alpha value is 0.280. The number of hydrogen-bond donors (Lipinski definition) is 6. The smallest absolute Gasteiger partial charge is 0.324 e. The number of hydrazine groups is 2. The number of rotatable bonds is 2. The Morgan fingerprint density at radius 1 is 1.18 bits per heavy atom. The molecule has 0 bridgehead atoms. The lowest BCUT2D eigenvalue weighted by Gasteiger charge is -1.95. The van der Waals surface area contributed by atoms with Gasteiger partial charge in [-0.2, -0.15) is 0 Å². The van der Waals surface area contributed by atoms with Crippen LogP contribution in [0.3, 0.4) is 0 Å². The first kappa shape index (κ1) is 17.4. The van der Waals surface area contributed by atoms with Gasteiger partial charge in [-0.3, -0.25) is 27.9 Å². The fourth-order valence-electron chi connectivity index (χ4n) is 0.110. The maximum absolute atomic E-state index is 9.84. The minimum absolute atomic E-state index is 0.0181. The Balaban J connectivity index is -0.000000138. The molecule has 72 valence electrons. The molecule has 0 spiro atoms. The van der Waals surface area contributed by atoms with E-state index in [0.717, 1.165) is 0 Å². The zero-order valence-electron chi connectivity index (χ0n) is 5.85. The van der Waals surface area contributed by atoms with Gasteiger partial charge in [-0.15, -0.1) is 11.6 Å². The van der Waals surface area contributed by atoms with Crippen LogP contribution in [0.4, 0.5) is 0 Å². The van der Waals surface area contributed by atoms with E-state index in [1.165, 1.54) is 0 Å². The molecule has 0 rings (SSSR count). The number of halogens is 1. The van der Waals surface area contributed by atoms with E-state index < -0.39 is 7.60 Å². The van der Waals surface area contributed by atoms with Gasteiger partial charge in [-0.25, -0.2) is 0 Å². The van der Waals surface area contributed by atoms with Gasteiger partial charge in [0.1, 0.15) is 0 Å². The molecule has 0 radical (unpaired) electrons. The van der Waals surface area contributed by atoms with E-state index in [9.17, 15) is 4.57 Å². The summed E-state index contributed by atoms with van der Waals surface area (Å²) in [6.45, 7) is 0. The molecule has 0 unspecified atom stereocenters. The number of alkyl halides is 1. The maximum atomic E-state index is 9.84. The second kappa shape index (κ2) is 12.9. The average molecular weight is 209 g/mol. The van der Waals surface area contributed by atoms with Crippen LogP contribution in [-0.2, 0) is 4.57 Å². The van der Waals surface area contributed by atoms with E-state index in [4.69, 9.17) is 21.4 Å². The summed E-state index contributed by atoms with van der Waals surface area (Å²) in [7, 11) is -3.80. The molecule has 11 heavy (non-hydrogen) atoms. The summed E-state index contributed by atoms with van der Waals surface area (Å²) in [6, 6.07) is 0. The van der Waals surface area contributed by atoms with E-state index in [-0.39, 0.29) is 12.0 Å². The summed E-state index contributed by atoms with van der Waals surface area (Å²) in [5.74, 6) is 16.0. The first-order valence-electron chi connectivity index (χ1n) is 2.33. The third-order valence-corrected chi connectivity index (χ3v) is 1.63. The first-order valence-corrected chi connectivity index (χ1v) is 4.66. The van der Waals surface area contributed by atoms with Gasteiger partial charge in [-0.05, 0) is 0 Å². The van der Waals surface area contributed by atoms with Crippen molar-refractivity contribution in [2.24, 2.45) is 23.4 Å². The molecular formula is C2H14ClN4O3P. The van der Waals surface area contributed by atoms with Crippen molar-refractivity contribution in [3.8, 4) is 0 Å². The van der Waals surface area contributed by atoms with Gasteiger partial charge < -0.3 is 9.79 Å². The second-order valence-corrected chi connectivity index (χ2v) is 3.23. The van der Waals surface area contributed by atoms with Crippen molar-refractivity contribution in [3.05, 3.63) is 0 Å². The van der Waals surface area contributed by atoms with Crippen molar-refractivity contribution in [2.75, 3.05) is 12.0 Å². The molecular weight excluding hydrogens is 194 g/mol. The van der Waals surface area contributed by atoms with Gasteiger partial charge in [0.15, 0.2) is 0 Å². The van der Waals surface area contributed by atoms with Gasteiger partial charge in [0.05, 0.1) is 6.16 Å². The fraction of sp³-hybridized carbons (Fsp3) is 1.00. The highest BCUT2D eigenvalue weighted by Gasteiger charge is 2.09. The molecule has 0 aromatic carbocycles. The zero-order valence-corrected chi connectivity index (χ0v) is 7.50. The molecule has 9 heteroatoms. The molecule has 0 aromatic heterocycles. The first-order chi connectivity index (χ1) is 5.06. The lowest BCUT2D eigenvalue weighted by molar-refractivity contribution is 0.375. The van der Waals surface area contributed by atoms with E-state index in [0.29, 0.717) is 0 Å². The van der Waals surface area contributed by atoms with E-state index in [1.807, 2.05) is 0 Å². The summed E-state index contributed by atoms with van der Waals surface area (Å²) in [5, 5.41) is 0. The van der Waals surface area contributed by atoms with Crippen molar-refractivity contribution >= 4 is 19.2 Å². The van der Waals surface area contributed by atoms with Crippen LogP contribution in [0, 0.1) is 0 Å². The van der Waals surface area contributed by atoms with Gasteiger partial charge in [0, 0.05) is 5.88 Å². The topological polar surface area (TPSA) is 162 Å². The number of hydrogen-bond acceptors (Lipinski definition) is 5. The maximum Gasteiger partial charge on any atom is 0.326 e. The molecule has 0 aliphatic rings. The van der Waals surface area contributed by atoms with E-state index in [1.54, 1.807) is 0 Å². The standard InChI is InChI=1S/C2H6ClO3P.2H4N2/c3-1-2-7(4,5)6;2*1-2/h1-2H2,(H2,4,5,6);2*1-2H2. The van der Waals surface area contributed by atoms with Crippen LogP contribution in [0.15, 0.2) is 0 Å². The largest absolute Gasteiger partial charge is 0.326 e. The minimum atomic E-state index is -3.80. The van der Waals surface area contributed by atoms with Crippen molar-refractivity contribution in [2.45, 2.75) is 0 Å². The van der Waals surface area contributed by atoms with Gasteiger partial charge in [0.2, 0.25) is 0 Å². The normalized spacial score (nSPS) is 8.64. The summed E-state index contributed by atoms with van der Waals surface area (Å²) < 4.78 is 9.84. The SMILES string of the molecule is NN.NN.O=P(O)(O)CCCl. The molecule has 0 atom stereocenters. The second-order valence-electron chi connectivity index (χ2n) is 1.08. The van der Waals surface area contributed by atoms with Crippen LogP contribution in [0.1, 0.15) is 0 Å². The van der Waals surface area contributed by atoms with Crippen molar-refractivity contribution in [1.29, 1.82) is 0 Å². The summed E-state index contributed by atoms with van der Waals surface area (Å²) >= 11 is 4.99. The van der Waals surface area contributed by atoms with E-state index >= 15 is 0 Å². The lowest BCUT2D eigenvalue weighted by atomic mass is 11.0. The molecule has 10 N–H and O–H groups in total. The fourth-order valence-corrected chi connectivity index (χ4v) is 0.991. The highest BCUT2D eigenvalue weighted by molar-refractivity contribution is 7.51. The predicted molar refractivity (Wildman–Crippen MR) is 44.4 cm³/mol. The van der Waals surface area contributed by atoms with Gasteiger partial charge >= 0.3 is 7.60 Å². The Bertz CT molecular complexity index is 97.3. The third kappa shape index (κ3) is 38.5. The Morgan fingerprint density at radius 3 is 1.45 bits per heavy atom. The molecule has 0 saturated heterocycles. The highest BCUT2D eigenvalue weighted by atomic mass is 35.5. The van der Waals surface area contributed by atoms with Crippen LogP contribution in [-0.4, -0.2) is 21.8 Å². The van der Waals surface area contributed by atoms with Gasteiger partial charge in [0.25, 0.3) is 0 Å². The summed E-state index contributed by atoms with van der Waals surface area (Å²) in [5.41, 5.74) is 0. The van der Waals surface area contributed by atoms with E-state index in [2.05, 4.69) is 23.4 Å². The highest BCUT2D eigenvalue weighted by Crippen LogP contribution is 2.33. The minimum Gasteiger partial charge on any atom is -0.324 e. The molecule has 0 aliphatic heterocycles. The average Bonchev–Trinajstić information content (AvgIpc) is 1.94. The van der Waals surface area contributed by atoms with Crippen LogP contribution < -0.4 is 23.4 Å². The Labute approximate surface area is 69.8 Å². The summed E-state index contributed by atoms with van der Waals surface area (Å²) in [4.78, 5) is 16.1. The molecule has 0 aliphatic carbocycles. The predicted octanol–water partition coefficient (Wildman–Crippen LogP) is -1.96. The third-order valence-electron chi connectivity index (χ3n) is 0.376. The molecule has 0 saturated carbocycles. The Morgan fingerprint density at radius 2 is 1.45 bits per heavy atom. The van der Waals surface area contributed by atoms with Crippen LogP contribution in [0.2, 0.25) is 0 Å².